The van der Waals surface area contributed by atoms with Crippen LogP contribution in [0, 0.1) is 11.8 Å². The number of nitrogens with zero attached hydrogens (tertiary/aromatic N) is 3. The van der Waals surface area contributed by atoms with Crippen LogP contribution in [0.4, 0.5) is 5.69 Å². The molecule has 2 aromatic rings. The SMILES string of the molecule is CC[C@@H]1CN2CC[C@]3(Nc4ccc(-c5cncnc5)c(OC)c4C3=O)[C@@H]2C[C@@H]1/C(=C\OC)C(=O)OC. The first-order valence-corrected chi connectivity index (χ1v) is 12.3. The van der Waals surface area contributed by atoms with Crippen LogP contribution >= 0.6 is 0 Å². The molecule has 1 N–H and O–H groups in total. The smallest absolute Gasteiger partial charge is 0.337 e. The quantitative estimate of drug-likeness (QED) is 0.369. The lowest BCUT2D eigenvalue weighted by molar-refractivity contribution is -0.137. The topological polar surface area (TPSA) is 103 Å². The van der Waals surface area contributed by atoms with Gasteiger partial charge in [-0.15, -0.1) is 0 Å². The van der Waals surface area contributed by atoms with E-state index in [0.29, 0.717) is 29.7 Å². The van der Waals surface area contributed by atoms with Crippen molar-refractivity contribution in [2.75, 3.05) is 39.7 Å². The number of benzene rings is 1. The second kappa shape index (κ2) is 9.54. The van der Waals surface area contributed by atoms with Crippen LogP contribution < -0.4 is 10.1 Å². The predicted octanol–water partition coefficient (Wildman–Crippen LogP) is 3.32. The van der Waals surface area contributed by atoms with Crippen LogP contribution in [-0.2, 0) is 14.3 Å². The summed E-state index contributed by atoms with van der Waals surface area (Å²) in [5, 5.41) is 3.61. The Labute approximate surface area is 210 Å². The number of esters is 1. The molecule has 1 aromatic heterocycles. The molecule has 0 amide bonds. The number of anilines is 1. The Morgan fingerprint density at radius 2 is 2.03 bits per heavy atom. The van der Waals surface area contributed by atoms with Crippen LogP contribution in [-0.4, -0.2) is 72.6 Å². The molecule has 1 aromatic carbocycles. The minimum Gasteiger partial charge on any atom is -0.504 e. The van der Waals surface area contributed by atoms with Crippen molar-refractivity contribution < 1.29 is 23.8 Å². The highest BCUT2D eigenvalue weighted by atomic mass is 16.5. The predicted molar refractivity (Wildman–Crippen MR) is 134 cm³/mol. The zero-order valence-corrected chi connectivity index (χ0v) is 21.1. The summed E-state index contributed by atoms with van der Waals surface area (Å²) in [6.45, 7) is 3.75. The average molecular weight is 493 g/mol. The maximum absolute atomic E-state index is 14.3. The highest BCUT2D eigenvalue weighted by Crippen LogP contribution is 2.52. The van der Waals surface area contributed by atoms with Gasteiger partial charge in [0.2, 0.25) is 0 Å². The van der Waals surface area contributed by atoms with Crippen LogP contribution in [0.1, 0.15) is 36.5 Å². The van der Waals surface area contributed by atoms with Gasteiger partial charge in [-0.2, -0.15) is 0 Å². The number of piperidine rings is 1. The van der Waals surface area contributed by atoms with E-state index in [9.17, 15) is 9.59 Å². The second-order valence-corrected chi connectivity index (χ2v) is 9.69. The number of ketones is 1. The first kappa shape index (κ1) is 24.2. The monoisotopic (exact) mass is 492 g/mol. The number of aromatic nitrogens is 2. The van der Waals surface area contributed by atoms with Crippen molar-refractivity contribution in [2.24, 2.45) is 11.8 Å². The summed E-state index contributed by atoms with van der Waals surface area (Å²) in [6.07, 6.45) is 8.65. The summed E-state index contributed by atoms with van der Waals surface area (Å²) < 4.78 is 16.2. The molecular formula is C27H32N4O5. The van der Waals surface area contributed by atoms with Gasteiger partial charge in [0, 0.05) is 48.3 Å². The number of hydrogen-bond acceptors (Lipinski definition) is 9. The molecular weight excluding hydrogens is 460 g/mol. The Morgan fingerprint density at radius 3 is 2.69 bits per heavy atom. The van der Waals surface area contributed by atoms with E-state index in [0.717, 1.165) is 36.3 Å². The molecule has 0 unspecified atom stereocenters. The van der Waals surface area contributed by atoms with Crippen molar-refractivity contribution in [1.82, 2.24) is 14.9 Å². The van der Waals surface area contributed by atoms with Gasteiger partial charge in [-0.05, 0) is 36.8 Å². The van der Waals surface area contributed by atoms with Gasteiger partial charge in [-0.3, -0.25) is 9.69 Å². The molecule has 0 aliphatic carbocycles. The molecule has 4 heterocycles. The summed E-state index contributed by atoms with van der Waals surface area (Å²) in [6, 6.07) is 3.80. The van der Waals surface area contributed by atoms with Gasteiger partial charge in [0.1, 0.15) is 17.6 Å². The van der Waals surface area contributed by atoms with Crippen molar-refractivity contribution in [2.45, 2.75) is 37.8 Å². The maximum Gasteiger partial charge on any atom is 0.337 e. The molecule has 4 atom stereocenters. The van der Waals surface area contributed by atoms with Crippen molar-refractivity contribution in [3.63, 3.8) is 0 Å². The molecule has 0 saturated carbocycles. The van der Waals surface area contributed by atoms with E-state index in [4.69, 9.17) is 14.2 Å². The average Bonchev–Trinajstić information content (AvgIpc) is 3.42. The fourth-order valence-corrected chi connectivity index (χ4v) is 6.43. The number of Topliss-reactive ketones (excluding diaryl/α,β-unsaturated/α-hetero) is 1. The van der Waals surface area contributed by atoms with E-state index < -0.39 is 5.54 Å². The molecule has 0 bridgehead atoms. The van der Waals surface area contributed by atoms with Crippen LogP contribution in [0.25, 0.3) is 11.1 Å². The van der Waals surface area contributed by atoms with Gasteiger partial charge in [0.25, 0.3) is 0 Å². The van der Waals surface area contributed by atoms with Crippen molar-refractivity contribution in [3.8, 4) is 16.9 Å². The Bertz CT molecular complexity index is 1200. The van der Waals surface area contributed by atoms with Gasteiger partial charge in [-0.1, -0.05) is 13.3 Å². The van der Waals surface area contributed by atoms with Gasteiger partial charge in [0.15, 0.2) is 5.78 Å². The Hall–Kier alpha value is -3.46. The highest BCUT2D eigenvalue weighted by molar-refractivity contribution is 6.17. The van der Waals surface area contributed by atoms with Crippen LogP contribution in [0.15, 0.2) is 42.7 Å². The van der Waals surface area contributed by atoms with E-state index in [-0.39, 0.29) is 29.6 Å². The van der Waals surface area contributed by atoms with Crippen molar-refractivity contribution in [3.05, 3.63) is 48.3 Å². The minimum atomic E-state index is -0.785. The van der Waals surface area contributed by atoms with Crippen LogP contribution in [0.2, 0.25) is 0 Å². The number of rotatable bonds is 6. The number of hydrogen-bond donors (Lipinski definition) is 1. The zero-order chi connectivity index (χ0) is 25.4. The van der Waals surface area contributed by atoms with Gasteiger partial charge < -0.3 is 19.5 Å². The zero-order valence-electron chi connectivity index (χ0n) is 21.1. The van der Waals surface area contributed by atoms with E-state index in [1.165, 1.54) is 26.8 Å². The molecule has 2 saturated heterocycles. The van der Waals surface area contributed by atoms with Crippen LogP contribution in [0.3, 0.4) is 0 Å². The number of carbonyl (C=O) groups is 2. The van der Waals surface area contributed by atoms with Crippen LogP contribution in [0.5, 0.6) is 5.75 Å². The molecule has 2 fully saturated rings. The lowest BCUT2D eigenvalue weighted by Gasteiger charge is -2.45. The molecule has 36 heavy (non-hydrogen) atoms. The molecule has 9 nitrogen and oxygen atoms in total. The lowest BCUT2D eigenvalue weighted by Crippen LogP contribution is -2.57. The second-order valence-electron chi connectivity index (χ2n) is 9.69. The Morgan fingerprint density at radius 1 is 1.25 bits per heavy atom. The van der Waals surface area contributed by atoms with Crippen molar-refractivity contribution in [1.29, 1.82) is 0 Å². The molecule has 3 aliphatic heterocycles. The summed E-state index contributed by atoms with van der Waals surface area (Å²) in [5.74, 6) is 0.366. The molecule has 1 spiro atoms. The van der Waals surface area contributed by atoms with Gasteiger partial charge >= 0.3 is 5.97 Å². The number of carbonyl (C=O) groups excluding carboxylic acids is 2. The van der Waals surface area contributed by atoms with E-state index in [2.05, 4.69) is 27.1 Å². The number of ether oxygens (including phenoxy) is 3. The first-order chi connectivity index (χ1) is 17.5. The standard InChI is InChI=1S/C27H32N4O5/c1-5-16-13-31-9-8-27(22(31)10-19(16)20(14-34-2)26(33)36-4)25(32)23-21(30-27)7-6-18(24(23)35-3)17-11-28-15-29-12-17/h6-7,11-12,14-16,19,22,30H,5,8-10,13H2,1-4H3/b20-14+/t16-,19+,22+,27+/m1/s1. The van der Waals surface area contributed by atoms with Gasteiger partial charge in [0.05, 0.1) is 38.7 Å². The summed E-state index contributed by atoms with van der Waals surface area (Å²) in [4.78, 5) is 37.6. The summed E-state index contributed by atoms with van der Waals surface area (Å²) >= 11 is 0. The normalized spacial score (nSPS) is 27.4. The van der Waals surface area contributed by atoms with E-state index >= 15 is 0 Å². The number of fused-ring (bicyclic) bond motifs is 3. The fourth-order valence-electron chi connectivity index (χ4n) is 6.43. The molecule has 5 rings (SSSR count). The highest BCUT2D eigenvalue weighted by Gasteiger charge is 2.60. The third-order valence-corrected chi connectivity index (χ3v) is 8.13. The van der Waals surface area contributed by atoms with Crippen molar-refractivity contribution >= 4 is 17.4 Å². The molecule has 190 valence electrons. The maximum atomic E-state index is 14.3. The van der Waals surface area contributed by atoms with E-state index in [1.807, 2.05) is 12.1 Å². The molecule has 0 radical (unpaired) electrons. The Balaban J connectivity index is 1.53. The third kappa shape index (κ3) is 3.64. The first-order valence-electron chi connectivity index (χ1n) is 12.3. The third-order valence-electron chi connectivity index (χ3n) is 8.13. The lowest BCUT2D eigenvalue weighted by atomic mass is 9.72. The minimum absolute atomic E-state index is 0.0320. The summed E-state index contributed by atoms with van der Waals surface area (Å²) in [7, 11) is 4.51. The van der Waals surface area contributed by atoms with E-state index in [1.54, 1.807) is 19.5 Å². The largest absolute Gasteiger partial charge is 0.504 e. The van der Waals surface area contributed by atoms with Gasteiger partial charge in [-0.25, -0.2) is 14.8 Å². The number of methoxy groups -OCH3 is 3. The number of nitrogens with one attached hydrogen (secondary N) is 1. The fraction of sp³-hybridized carbons (Fsp3) is 0.481. The molecule has 9 heteroatoms. The summed E-state index contributed by atoms with van der Waals surface area (Å²) in [5.41, 5.74) is 2.65. The Kier molecular flexibility index (Phi) is 6.42. The molecule has 3 aliphatic rings.